The van der Waals surface area contributed by atoms with Crippen molar-refractivity contribution in [1.29, 1.82) is 0 Å². The Hall–Kier alpha value is -2.15. The van der Waals surface area contributed by atoms with Gasteiger partial charge >= 0.3 is 0 Å². The highest BCUT2D eigenvalue weighted by Crippen LogP contribution is 2.23. The number of carbonyl (C=O) groups excluding carboxylic acids is 1. The molecule has 0 bridgehead atoms. The number of hydrogen-bond acceptors (Lipinski definition) is 4. The summed E-state index contributed by atoms with van der Waals surface area (Å²) in [5, 5.41) is 13.3. The van der Waals surface area contributed by atoms with Crippen LogP contribution in [0.15, 0.2) is 39.6 Å². The Kier molecular flexibility index (Phi) is 3.66. The Balaban J connectivity index is 2.23. The third-order valence-electron chi connectivity index (χ3n) is 2.53. The molecule has 0 aliphatic rings. The molecule has 1 aromatic heterocycles. The summed E-state index contributed by atoms with van der Waals surface area (Å²) in [6, 6.07) is 5.77. The van der Waals surface area contributed by atoms with E-state index >= 15 is 0 Å². The Morgan fingerprint density at radius 2 is 2.16 bits per heavy atom. The van der Waals surface area contributed by atoms with Crippen molar-refractivity contribution in [3.63, 3.8) is 0 Å². The van der Waals surface area contributed by atoms with E-state index in [0.717, 1.165) is 0 Å². The summed E-state index contributed by atoms with van der Waals surface area (Å²) in [4.78, 5) is 22.1. The van der Waals surface area contributed by atoms with E-state index in [1.165, 1.54) is 30.5 Å². The lowest BCUT2D eigenvalue weighted by Gasteiger charge is -2.07. The molecule has 2 aromatic rings. The number of amides is 1. The minimum atomic E-state index is -0.481. The molecule has 1 heterocycles. The number of hydrogen-bond donors (Lipinski definition) is 1. The number of halogens is 1. The first-order valence-electron chi connectivity index (χ1n) is 5.28. The number of furan rings is 1. The highest BCUT2D eigenvalue weighted by atomic mass is 79.9. The summed E-state index contributed by atoms with van der Waals surface area (Å²) in [6.45, 7) is 1.69. The minimum Gasteiger partial charge on any atom is -0.457 e. The molecule has 1 N–H and O–H groups in total. The van der Waals surface area contributed by atoms with Crippen molar-refractivity contribution in [2.24, 2.45) is 0 Å². The van der Waals surface area contributed by atoms with Crippen LogP contribution < -0.4 is 5.32 Å². The molecule has 0 spiro atoms. The van der Waals surface area contributed by atoms with Gasteiger partial charge in [-0.25, -0.2) is 0 Å². The molecule has 1 aromatic carbocycles. The number of nitro groups is 1. The van der Waals surface area contributed by atoms with Crippen molar-refractivity contribution in [3.05, 3.63) is 56.4 Å². The van der Waals surface area contributed by atoms with Gasteiger partial charge in [-0.3, -0.25) is 14.9 Å². The van der Waals surface area contributed by atoms with E-state index in [9.17, 15) is 14.9 Å². The van der Waals surface area contributed by atoms with E-state index < -0.39 is 4.92 Å². The Morgan fingerprint density at radius 1 is 1.42 bits per heavy atom. The zero-order valence-corrected chi connectivity index (χ0v) is 11.4. The molecule has 0 saturated carbocycles. The molecule has 0 fully saturated rings. The Labute approximate surface area is 116 Å². The van der Waals surface area contributed by atoms with Crippen LogP contribution in [0.2, 0.25) is 0 Å². The van der Waals surface area contributed by atoms with Gasteiger partial charge in [0, 0.05) is 17.8 Å². The van der Waals surface area contributed by atoms with E-state index in [0.29, 0.717) is 21.5 Å². The number of nitrogens with one attached hydrogen (secondary N) is 1. The standard InChI is InChI=1S/C12H9BrN2O4/c1-7-6-8(15(17)18)2-3-10(7)14-12(16)9-4-5-19-11(9)13/h2-6H,1H3,(H,14,16). The zero-order valence-electron chi connectivity index (χ0n) is 9.84. The monoisotopic (exact) mass is 324 g/mol. The number of carbonyl (C=O) groups is 1. The first kappa shape index (κ1) is 13.3. The third-order valence-corrected chi connectivity index (χ3v) is 3.15. The van der Waals surface area contributed by atoms with Gasteiger partial charge in [0.25, 0.3) is 11.6 Å². The number of rotatable bonds is 3. The maximum absolute atomic E-state index is 11.9. The molecule has 0 radical (unpaired) electrons. The molecule has 0 saturated heterocycles. The fraction of sp³-hybridized carbons (Fsp3) is 0.0833. The first-order valence-corrected chi connectivity index (χ1v) is 6.07. The molecule has 0 atom stereocenters. The summed E-state index contributed by atoms with van der Waals surface area (Å²) in [5.41, 5.74) is 1.48. The predicted octanol–water partition coefficient (Wildman–Crippen LogP) is 3.51. The summed E-state index contributed by atoms with van der Waals surface area (Å²) in [5.74, 6) is -0.349. The second-order valence-electron chi connectivity index (χ2n) is 3.82. The summed E-state index contributed by atoms with van der Waals surface area (Å²) >= 11 is 3.11. The van der Waals surface area contributed by atoms with Crippen LogP contribution in [0.3, 0.4) is 0 Å². The number of aryl methyl sites for hydroxylation is 1. The molecule has 0 unspecified atom stereocenters. The summed E-state index contributed by atoms with van der Waals surface area (Å²) < 4.78 is 5.31. The van der Waals surface area contributed by atoms with Gasteiger partial charge in [-0.2, -0.15) is 0 Å². The lowest BCUT2D eigenvalue weighted by Crippen LogP contribution is -2.12. The molecule has 0 aliphatic heterocycles. The van der Waals surface area contributed by atoms with Crippen LogP contribution in [0.25, 0.3) is 0 Å². The average Bonchev–Trinajstić information content (AvgIpc) is 2.77. The van der Waals surface area contributed by atoms with E-state index in [4.69, 9.17) is 4.42 Å². The van der Waals surface area contributed by atoms with Gasteiger partial charge < -0.3 is 9.73 Å². The minimum absolute atomic E-state index is 0.0139. The highest BCUT2D eigenvalue weighted by molar-refractivity contribution is 9.10. The van der Waals surface area contributed by atoms with E-state index in [1.807, 2.05) is 0 Å². The molecule has 6 nitrogen and oxygen atoms in total. The van der Waals surface area contributed by atoms with Crippen LogP contribution in [0.5, 0.6) is 0 Å². The van der Waals surface area contributed by atoms with Gasteiger partial charge in [0.1, 0.15) is 0 Å². The normalized spacial score (nSPS) is 10.2. The molecular weight excluding hydrogens is 316 g/mol. The largest absolute Gasteiger partial charge is 0.457 e. The van der Waals surface area contributed by atoms with Crippen LogP contribution >= 0.6 is 15.9 Å². The predicted molar refractivity (Wildman–Crippen MR) is 72.2 cm³/mol. The van der Waals surface area contributed by atoms with Gasteiger partial charge in [-0.05, 0) is 40.5 Å². The Bertz CT molecular complexity index is 651. The van der Waals surface area contributed by atoms with Crippen molar-refractivity contribution >= 4 is 33.2 Å². The zero-order chi connectivity index (χ0) is 14.0. The topological polar surface area (TPSA) is 85.4 Å². The van der Waals surface area contributed by atoms with E-state index in [1.54, 1.807) is 6.92 Å². The smallest absolute Gasteiger partial charge is 0.269 e. The maximum atomic E-state index is 11.9. The second-order valence-corrected chi connectivity index (χ2v) is 4.54. The molecular formula is C12H9BrN2O4. The third kappa shape index (κ3) is 2.82. The van der Waals surface area contributed by atoms with E-state index in [-0.39, 0.29) is 11.6 Å². The van der Waals surface area contributed by atoms with Crippen LogP contribution in [0.1, 0.15) is 15.9 Å². The quantitative estimate of drug-likeness (QED) is 0.691. The fourth-order valence-corrected chi connectivity index (χ4v) is 1.97. The van der Waals surface area contributed by atoms with Gasteiger partial charge in [0.15, 0.2) is 4.67 Å². The van der Waals surface area contributed by atoms with Crippen LogP contribution in [-0.4, -0.2) is 10.8 Å². The fourth-order valence-electron chi connectivity index (χ4n) is 1.55. The maximum Gasteiger partial charge on any atom is 0.269 e. The number of benzene rings is 1. The van der Waals surface area contributed by atoms with Crippen molar-refractivity contribution in [2.45, 2.75) is 6.92 Å². The summed E-state index contributed by atoms with van der Waals surface area (Å²) in [7, 11) is 0. The molecule has 0 aliphatic carbocycles. The van der Waals surface area contributed by atoms with Gasteiger partial charge in [0.2, 0.25) is 0 Å². The van der Waals surface area contributed by atoms with Crippen molar-refractivity contribution in [3.8, 4) is 0 Å². The molecule has 98 valence electrons. The van der Waals surface area contributed by atoms with Crippen molar-refractivity contribution < 1.29 is 14.1 Å². The van der Waals surface area contributed by atoms with E-state index in [2.05, 4.69) is 21.2 Å². The van der Waals surface area contributed by atoms with Crippen molar-refractivity contribution in [2.75, 3.05) is 5.32 Å². The first-order chi connectivity index (χ1) is 8.99. The van der Waals surface area contributed by atoms with Gasteiger partial charge in [0.05, 0.1) is 16.7 Å². The molecule has 1 amide bonds. The van der Waals surface area contributed by atoms with Crippen LogP contribution in [0.4, 0.5) is 11.4 Å². The average molecular weight is 325 g/mol. The number of nitrogens with zero attached hydrogens (tertiary/aromatic N) is 1. The lowest BCUT2D eigenvalue weighted by molar-refractivity contribution is -0.384. The molecule has 7 heteroatoms. The molecule has 19 heavy (non-hydrogen) atoms. The second kappa shape index (κ2) is 5.23. The van der Waals surface area contributed by atoms with Gasteiger partial charge in [-0.1, -0.05) is 0 Å². The number of anilines is 1. The Morgan fingerprint density at radius 3 is 2.68 bits per heavy atom. The van der Waals surface area contributed by atoms with Crippen LogP contribution in [0, 0.1) is 17.0 Å². The van der Waals surface area contributed by atoms with Gasteiger partial charge in [-0.15, -0.1) is 0 Å². The summed E-state index contributed by atoms with van der Waals surface area (Å²) in [6.07, 6.45) is 1.39. The lowest BCUT2D eigenvalue weighted by atomic mass is 10.1. The van der Waals surface area contributed by atoms with Crippen molar-refractivity contribution in [1.82, 2.24) is 0 Å². The van der Waals surface area contributed by atoms with Crippen LogP contribution in [-0.2, 0) is 0 Å². The number of nitro benzene ring substituents is 1. The molecule has 2 rings (SSSR count). The number of non-ortho nitro benzene ring substituents is 1. The SMILES string of the molecule is Cc1cc([N+](=O)[O-])ccc1NC(=O)c1ccoc1Br. The highest BCUT2D eigenvalue weighted by Gasteiger charge is 2.15.